The number of benzene rings is 2. The van der Waals surface area contributed by atoms with Gasteiger partial charge in [-0.25, -0.2) is 4.39 Å². The minimum atomic E-state index is -0.744. The summed E-state index contributed by atoms with van der Waals surface area (Å²) in [6, 6.07) is 10.8. The molecule has 3 rings (SSSR count). The van der Waals surface area contributed by atoms with Crippen LogP contribution in [-0.4, -0.2) is 18.5 Å². The van der Waals surface area contributed by atoms with Gasteiger partial charge in [-0.1, -0.05) is 41.8 Å². The maximum atomic E-state index is 13.6. The summed E-state index contributed by atoms with van der Waals surface area (Å²) in [6.45, 7) is -0.500. The first-order valence-corrected chi connectivity index (χ1v) is 8.84. The van der Waals surface area contributed by atoms with Gasteiger partial charge in [0.05, 0.1) is 11.1 Å². The van der Waals surface area contributed by atoms with Gasteiger partial charge in [-0.05, 0) is 48.7 Å². The molecule has 4 nitrogen and oxygen atoms in total. The van der Waals surface area contributed by atoms with Gasteiger partial charge in [-0.2, -0.15) is 0 Å². The standard InChI is InChI=1S/C19H16Cl2FNO3/c20-13-4-2-12(3-5-13)19(8-1-9-19)18(25)26-11-17(24)23-16-10-14(21)6-7-15(16)22/h2-7,10H,1,8-9,11H2,(H,23,24). The molecule has 0 heterocycles. The van der Waals surface area contributed by atoms with E-state index in [9.17, 15) is 14.0 Å². The number of hydrogen-bond acceptors (Lipinski definition) is 3. The molecule has 1 fully saturated rings. The molecule has 2 aromatic rings. The van der Waals surface area contributed by atoms with Crippen molar-refractivity contribution in [3.63, 3.8) is 0 Å². The van der Waals surface area contributed by atoms with E-state index in [2.05, 4.69) is 5.32 Å². The van der Waals surface area contributed by atoms with Gasteiger partial charge in [0.2, 0.25) is 0 Å². The van der Waals surface area contributed by atoms with Crippen LogP contribution in [0.15, 0.2) is 42.5 Å². The van der Waals surface area contributed by atoms with Crippen molar-refractivity contribution >= 4 is 40.8 Å². The van der Waals surface area contributed by atoms with Crippen LogP contribution in [0.3, 0.4) is 0 Å². The highest BCUT2D eigenvalue weighted by molar-refractivity contribution is 6.31. The Labute approximate surface area is 160 Å². The van der Waals surface area contributed by atoms with Crippen LogP contribution in [-0.2, 0) is 19.7 Å². The molecule has 2 aromatic carbocycles. The van der Waals surface area contributed by atoms with Crippen LogP contribution in [0.5, 0.6) is 0 Å². The van der Waals surface area contributed by atoms with Crippen molar-refractivity contribution in [2.24, 2.45) is 0 Å². The molecule has 0 radical (unpaired) electrons. The number of ether oxygens (including phenoxy) is 1. The number of halogens is 3. The first-order valence-electron chi connectivity index (χ1n) is 8.09. The molecular formula is C19H16Cl2FNO3. The summed E-state index contributed by atoms with van der Waals surface area (Å²) in [5.41, 5.74) is 0.0145. The lowest BCUT2D eigenvalue weighted by Crippen LogP contribution is -2.44. The molecule has 0 saturated heterocycles. The molecule has 0 aliphatic heterocycles. The van der Waals surface area contributed by atoms with Crippen LogP contribution in [0.25, 0.3) is 0 Å². The third-order valence-electron chi connectivity index (χ3n) is 4.53. The monoisotopic (exact) mass is 395 g/mol. The Kier molecular flexibility index (Phi) is 5.49. The lowest BCUT2D eigenvalue weighted by atomic mass is 9.64. The summed E-state index contributed by atoms with van der Waals surface area (Å²) >= 11 is 11.7. The Hall–Kier alpha value is -2.11. The average molecular weight is 396 g/mol. The fourth-order valence-electron chi connectivity index (χ4n) is 2.96. The van der Waals surface area contributed by atoms with Crippen molar-refractivity contribution in [1.29, 1.82) is 0 Å². The van der Waals surface area contributed by atoms with Crippen LogP contribution in [0.2, 0.25) is 10.0 Å². The van der Waals surface area contributed by atoms with Gasteiger partial charge in [0.1, 0.15) is 5.82 Å². The maximum Gasteiger partial charge on any atom is 0.317 e. The molecule has 0 aromatic heterocycles. The second kappa shape index (κ2) is 7.64. The van der Waals surface area contributed by atoms with E-state index in [1.807, 2.05) is 0 Å². The first-order chi connectivity index (χ1) is 12.4. The van der Waals surface area contributed by atoms with Crippen molar-refractivity contribution in [1.82, 2.24) is 0 Å². The lowest BCUT2D eigenvalue weighted by molar-refractivity contribution is -0.156. The molecule has 0 bridgehead atoms. The molecule has 1 amide bonds. The van der Waals surface area contributed by atoms with E-state index in [1.165, 1.54) is 12.1 Å². The topological polar surface area (TPSA) is 55.4 Å². The largest absolute Gasteiger partial charge is 0.455 e. The fraction of sp³-hybridized carbons (Fsp3) is 0.263. The second-order valence-corrected chi connectivity index (χ2v) is 7.06. The van der Waals surface area contributed by atoms with Gasteiger partial charge in [-0.15, -0.1) is 0 Å². The van der Waals surface area contributed by atoms with Crippen molar-refractivity contribution in [3.05, 3.63) is 63.9 Å². The smallest absolute Gasteiger partial charge is 0.317 e. The molecule has 0 unspecified atom stereocenters. The summed E-state index contributed by atoms with van der Waals surface area (Å²) < 4.78 is 18.8. The van der Waals surface area contributed by atoms with Gasteiger partial charge in [0, 0.05) is 10.0 Å². The number of carbonyl (C=O) groups excluding carboxylic acids is 2. The molecule has 1 N–H and O–H groups in total. The zero-order chi connectivity index (χ0) is 18.7. The van der Waals surface area contributed by atoms with Crippen LogP contribution in [0.1, 0.15) is 24.8 Å². The minimum absolute atomic E-state index is 0.0605. The Morgan fingerprint density at radius 1 is 1.08 bits per heavy atom. The molecule has 7 heteroatoms. The van der Waals surface area contributed by atoms with Gasteiger partial charge in [-0.3, -0.25) is 9.59 Å². The van der Waals surface area contributed by atoms with Gasteiger partial charge in [0.15, 0.2) is 6.61 Å². The van der Waals surface area contributed by atoms with Crippen molar-refractivity contribution in [2.75, 3.05) is 11.9 Å². The Morgan fingerprint density at radius 2 is 1.73 bits per heavy atom. The number of nitrogens with one attached hydrogen (secondary N) is 1. The predicted molar refractivity (Wildman–Crippen MR) is 98.0 cm³/mol. The average Bonchev–Trinajstić information content (AvgIpc) is 2.57. The first kappa shape index (κ1) is 18.7. The summed E-state index contributed by atoms with van der Waals surface area (Å²) in [5.74, 6) is -1.72. The normalized spacial score (nSPS) is 15.0. The summed E-state index contributed by atoms with van der Waals surface area (Å²) in [4.78, 5) is 24.6. The molecular weight excluding hydrogens is 380 g/mol. The molecule has 136 valence electrons. The predicted octanol–water partition coefficient (Wildman–Crippen LogP) is 4.74. The molecule has 0 spiro atoms. The summed E-state index contributed by atoms with van der Waals surface area (Å²) in [7, 11) is 0. The van der Waals surface area contributed by atoms with E-state index >= 15 is 0 Å². The second-order valence-electron chi connectivity index (χ2n) is 6.19. The van der Waals surface area contributed by atoms with E-state index in [-0.39, 0.29) is 10.7 Å². The van der Waals surface area contributed by atoms with E-state index in [0.717, 1.165) is 18.1 Å². The molecule has 1 saturated carbocycles. The van der Waals surface area contributed by atoms with Crippen LogP contribution >= 0.6 is 23.2 Å². The summed E-state index contributed by atoms with van der Waals surface area (Å²) in [6.07, 6.45) is 2.20. The van der Waals surface area contributed by atoms with Crippen LogP contribution < -0.4 is 5.32 Å². The number of carbonyl (C=O) groups is 2. The van der Waals surface area contributed by atoms with Crippen LogP contribution in [0.4, 0.5) is 10.1 Å². The van der Waals surface area contributed by atoms with Crippen molar-refractivity contribution < 1.29 is 18.7 Å². The van der Waals surface area contributed by atoms with Gasteiger partial charge >= 0.3 is 5.97 Å². The molecule has 0 atom stereocenters. The third kappa shape index (κ3) is 3.84. The maximum absolute atomic E-state index is 13.6. The molecule has 26 heavy (non-hydrogen) atoms. The third-order valence-corrected chi connectivity index (χ3v) is 5.02. The molecule has 1 aliphatic rings. The minimum Gasteiger partial charge on any atom is -0.455 e. The molecule has 1 aliphatic carbocycles. The van der Waals surface area contributed by atoms with Crippen LogP contribution in [0, 0.1) is 5.82 Å². The Bertz CT molecular complexity index is 835. The quantitative estimate of drug-likeness (QED) is 0.744. The van der Waals surface area contributed by atoms with Gasteiger partial charge in [0.25, 0.3) is 5.91 Å². The number of esters is 1. The number of anilines is 1. The van der Waals surface area contributed by atoms with E-state index in [4.69, 9.17) is 27.9 Å². The van der Waals surface area contributed by atoms with E-state index in [1.54, 1.807) is 24.3 Å². The number of amides is 1. The zero-order valence-electron chi connectivity index (χ0n) is 13.7. The Morgan fingerprint density at radius 3 is 2.35 bits per heavy atom. The highest BCUT2D eigenvalue weighted by Gasteiger charge is 2.47. The van der Waals surface area contributed by atoms with Gasteiger partial charge < -0.3 is 10.1 Å². The van der Waals surface area contributed by atoms with E-state index in [0.29, 0.717) is 17.9 Å². The number of hydrogen-bond donors (Lipinski definition) is 1. The zero-order valence-corrected chi connectivity index (χ0v) is 15.2. The summed E-state index contributed by atoms with van der Waals surface area (Å²) in [5, 5.41) is 3.22. The van der Waals surface area contributed by atoms with E-state index < -0.39 is 29.7 Å². The highest BCUT2D eigenvalue weighted by Crippen LogP contribution is 2.45. The SMILES string of the molecule is O=C(COC(=O)C1(c2ccc(Cl)cc2)CCC1)Nc1cc(Cl)ccc1F. The lowest BCUT2D eigenvalue weighted by Gasteiger charge is -2.39. The number of rotatable bonds is 5. The van der Waals surface area contributed by atoms with Crippen molar-refractivity contribution in [2.45, 2.75) is 24.7 Å². The highest BCUT2D eigenvalue weighted by atomic mass is 35.5. The fourth-order valence-corrected chi connectivity index (χ4v) is 3.26. The van der Waals surface area contributed by atoms with Crippen molar-refractivity contribution in [3.8, 4) is 0 Å². The Balaban J connectivity index is 1.63.